The first-order chi connectivity index (χ1) is 14.1. The molecule has 0 aliphatic carbocycles. The Labute approximate surface area is 180 Å². The molecule has 144 valence electrons. The van der Waals surface area contributed by atoms with Crippen LogP contribution in [-0.2, 0) is 0 Å². The fourth-order valence-electron chi connectivity index (χ4n) is 3.28. The molecule has 0 fully saturated rings. The number of rotatable bonds is 4. The highest BCUT2D eigenvalue weighted by molar-refractivity contribution is 6.30. The van der Waals surface area contributed by atoms with E-state index >= 15 is 0 Å². The summed E-state index contributed by atoms with van der Waals surface area (Å²) in [5, 5.41) is 5.91. The monoisotopic (exact) mass is 419 g/mol. The smallest absolute Gasteiger partial charge is 0.0755 e. The summed E-state index contributed by atoms with van der Waals surface area (Å²) in [6, 6.07) is 17.4. The molecule has 29 heavy (non-hydrogen) atoms. The van der Waals surface area contributed by atoms with Gasteiger partial charge in [-0.25, -0.2) is 4.68 Å². The van der Waals surface area contributed by atoms with Crippen molar-refractivity contribution in [1.29, 1.82) is 0 Å². The van der Waals surface area contributed by atoms with Crippen LogP contribution >= 0.6 is 23.2 Å². The van der Waals surface area contributed by atoms with Crippen LogP contribution in [0.25, 0.3) is 17.0 Å². The summed E-state index contributed by atoms with van der Waals surface area (Å²) in [7, 11) is 0. The van der Waals surface area contributed by atoms with Crippen LogP contribution in [0.3, 0.4) is 0 Å². The van der Waals surface area contributed by atoms with Crippen LogP contribution in [0.4, 0.5) is 0 Å². The Bertz CT molecular complexity index is 1130. The van der Waals surface area contributed by atoms with E-state index in [1.54, 1.807) is 6.20 Å². The third-order valence-corrected chi connectivity index (χ3v) is 5.22. The van der Waals surface area contributed by atoms with Crippen molar-refractivity contribution in [2.75, 3.05) is 0 Å². The van der Waals surface area contributed by atoms with Gasteiger partial charge in [0.2, 0.25) is 0 Å². The van der Waals surface area contributed by atoms with E-state index in [0.717, 1.165) is 33.9 Å². The molecule has 0 unspecified atom stereocenters. The molecule has 1 aliphatic rings. The van der Waals surface area contributed by atoms with E-state index in [2.05, 4.69) is 34.9 Å². The van der Waals surface area contributed by atoms with Crippen LogP contribution in [0.1, 0.15) is 18.2 Å². The molecule has 4 rings (SSSR count). The highest BCUT2D eigenvalue weighted by atomic mass is 35.5. The second-order valence-electron chi connectivity index (χ2n) is 6.56. The lowest BCUT2D eigenvalue weighted by atomic mass is 10.1. The minimum absolute atomic E-state index is 0.697. The molecular formula is C24H19Cl2N3. The Hall–Kier alpha value is -3.01. The molecule has 0 N–H and O–H groups in total. The highest BCUT2D eigenvalue weighted by Gasteiger charge is 2.18. The Balaban J connectivity index is 1.73. The van der Waals surface area contributed by atoms with E-state index in [0.29, 0.717) is 10.0 Å². The van der Waals surface area contributed by atoms with Gasteiger partial charge in [0, 0.05) is 33.2 Å². The Morgan fingerprint density at radius 3 is 2.24 bits per heavy atom. The minimum Gasteiger partial charge on any atom is -0.317 e. The van der Waals surface area contributed by atoms with Crippen molar-refractivity contribution >= 4 is 34.5 Å². The topological polar surface area (TPSA) is 21.1 Å². The largest absolute Gasteiger partial charge is 0.317 e. The van der Waals surface area contributed by atoms with Gasteiger partial charge in [0.15, 0.2) is 0 Å². The summed E-state index contributed by atoms with van der Waals surface area (Å²) in [6.45, 7) is 6.22. The average Bonchev–Trinajstić information content (AvgIpc) is 3.21. The van der Waals surface area contributed by atoms with Crippen molar-refractivity contribution in [2.45, 2.75) is 6.92 Å². The average molecular weight is 420 g/mol. The normalized spacial score (nSPS) is 14.3. The van der Waals surface area contributed by atoms with Crippen molar-refractivity contribution in [3.05, 3.63) is 119 Å². The van der Waals surface area contributed by atoms with Crippen molar-refractivity contribution < 1.29 is 0 Å². The molecule has 2 aromatic carbocycles. The number of allylic oxidation sites excluding steroid dienone is 4. The zero-order valence-corrected chi connectivity index (χ0v) is 17.4. The minimum atomic E-state index is 0.697. The van der Waals surface area contributed by atoms with Crippen LogP contribution < -0.4 is 0 Å². The molecular weight excluding hydrogens is 401 g/mol. The van der Waals surface area contributed by atoms with E-state index in [9.17, 15) is 0 Å². The van der Waals surface area contributed by atoms with Crippen LogP contribution in [-0.4, -0.2) is 14.7 Å². The van der Waals surface area contributed by atoms with E-state index in [-0.39, 0.29) is 0 Å². The summed E-state index contributed by atoms with van der Waals surface area (Å²) in [5.74, 6) is 0. The molecule has 0 saturated carbocycles. The molecule has 0 spiro atoms. The number of halogens is 2. The maximum Gasteiger partial charge on any atom is 0.0755 e. The second kappa shape index (κ2) is 8.16. The maximum absolute atomic E-state index is 6.06. The number of hydrogen-bond acceptors (Lipinski definition) is 2. The van der Waals surface area contributed by atoms with E-state index in [1.807, 2.05) is 72.3 Å². The van der Waals surface area contributed by atoms with Gasteiger partial charge in [-0.1, -0.05) is 48.0 Å². The Morgan fingerprint density at radius 1 is 0.931 bits per heavy atom. The van der Waals surface area contributed by atoms with Crippen molar-refractivity contribution in [1.82, 2.24) is 14.7 Å². The summed E-state index contributed by atoms with van der Waals surface area (Å²) >= 11 is 12.1. The van der Waals surface area contributed by atoms with E-state index in [4.69, 9.17) is 23.2 Å². The van der Waals surface area contributed by atoms with Crippen LogP contribution in [0, 0.1) is 0 Å². The Morgan fingerprint density at radius 2 is 1.59 bits per heavy atom. The molecule has 0 bridgehead atoms. The van der Waals surface area contributed by atoms with Crippen LogP contribution in [0.5, 0.6) is 0 Å². The van der Waals surface area contributed by atoms with Crippen molar-refractivity contribution in [3.8, 4) is 5.69 Å². The summed E-state index contributed by atoms with van der Waals surface area (Å²) < 4.78 is 1.90. The molecule has 0 saturated heterocycles. The van der Waals surface area contributed by atoms with Crippen LogP contribution in [0.2, 0.25) is 10.0 Å². The molecule has 2 heterocycles. The van der Waals surface area contributed by atoms with Crippen molar-refractivity contribution in [2.24, 2.45) is 0 Å². The second-order valence-corrected chi connectivity index (χ2v) is 7.44. The highest BCUT2D eigenvalue weighted by Crippen LogP contribution is 2.32. The van der Waals surface area contributed by atoms with Gasteiger partial charge in [-0.05, 0) is 67.1 Å². The van der Waals surface area contributed by atoms with Gasteiger partial charge in [0.1, 0.15) is 0 Å². The predicted molar refractivity (Wildman–Crippen MR) is 122 cm³/mol. The van der Waals surface area contributed by atoms with Gasteiger partial charge in [0.25, 0.3) is 0 Å². The lowest BCUT2D eigenvalue weighted by Crippen LogP contribution is -2.17. The first-order valence-corrected chi connectivity index (χ1v) is 9.93. The molecule has 3 aromatic rings. The molecule has 0 radical (unpaired) electrons. The number of nitrogens with zero attached hydrogens (tertiary/aromatic N) is 3. The van der Waals surface area contributed by atoms with Gasteiger partial charge >= 0.3 is 0 Å². The van der Waals surface area contributed by atoms with Gasteiger partial charge < -0.3 is 4.90 Å². The Kier molecular flexibility index (Phi) is 5.43. The summed E-state index contributed by atoms with van der Waals surface area (Å²) in [4.78, 5) is 2.08. The molecule has 5 heteroatoms. The molecule has 0 amide bonds. The summed E-state index contributed by atoms with van der Waals surface area (Å²) in [6.07, 6.45) is 10.0. The molecule has 1 aliphatic heterocycles. The van der Waals surface area contributed by atoms with Gasteiger partial charge in [-0.2, -0.15) is 5.10 Å². The quantitative estimate of drug-likeness (QED) is 0.455. The fourth-order valence-corrected chi connectivity index (χ4v) is 3.53. The van der Waals surface area contributed by atoms with Crippen LogP contribution in [0.15, 0.2) is 97.5 Å². The van der Waals surface area contributed by atoms with Gasteiger partial charge in [-0.3, -0.25) is 0 Å². The third kappa shape index (κ3) is 3.93. The zero-order valence-electron chi connectivity index (χ0n) is 15.9. The first kappa shape index (κ1) is 19.3. The van der Waals surface area contributed by atoms with Gasteiger partial charge in [0.05, 0.1) is 17.6 Å². The lowest BCUT2D eigenvalue weighted by Gasteiger charge is -2.28. The van der Waals surface area contributed by atoms with Gasteiger partial charge in [-0.15, -0.1) is 0 Å². The molecule has 1 aromatic heterocycles. The SMILES string of the molecule is C=C1C=CC(c2ccnn2-c2ccc(Cl)cc2)=CN1/C(=C\C)c1ccc(Cl)cc1. The maximum atomic E-state index is 6.06. The lowest BCUT2D eigenvalue weighted by molar-refractivity contribution is 0.678. The standard InChI is InChI=1S/C24H19Cl2N3/c1-3-23(18-6-8-20(25)9-7-18)28-16-19(5-4-17(28)2)24-14-15-27-29(24)22-12-10-21(26)11-13-22/h3-16H,2H2,1H3/b23-3-. The number of aromatic nitrogens is 2. The van der Waals surface area contributed by atoms with E-state index in [1.165, 1.54) is 0 Å². The molecule has 3 nitrogen and oxygen atoms in total. The fraction of sp³-hybridized carbons (Fsp3) is 0.0417. The number of benzene rings is 2. The van der Waals surface area contributed by atoms with Crippen molar-refractivity contribution in [3.63, 3.8) is 0 Å². The predicted octanol–water partition coefficient (Wildman–Crippen LogP) is 6.97. The number of hydrogen-bond donors (Lipinski definition) is 0. The molecule has 0 atom stereocenters. The summed E-state index contributed by atoms with van der Waals surface area (Å²) in [5.41, 5.74) is 5.94. The zero-order chi connectivity index (χ0) is 20.4. The third-order valence-electron chi connectivity index (χ3n) is 4.72. The van der Waals surface area contributed by atoms with E-state index < -0.39 is 0 Å². The first-order valence-electron chi connectivity index (χ1n) is 9.17.